The molecule has 1 aliphatic rings. The van der Waals surface area contributed by atoms with Crippen LogP contribution in [0.25, 0.3) is 0 Å². The van der Waals surface area contributed by atoms with Gasteiger partial charge in [0.1, 0.15) is 0 Å². The van der Waals surface area contributed by atoms with E-state index in [1.54, 1.807) is 11.3 Å². The van der Waals surface area contributed by atoms with Gasteiger partial charge in [0, 0.05) is 17.6 Å². The zero-order valence-electron chi connectivity index (χ0n) is 8.91. The van der Waals surface area contributed by atoms with Gasteiger partial charge in [-0.05, 0) is 25.9 Å². The molecule has 0 spiro atoms. The third-order valence-corrected chi connectivity index (χ3v) is 3.95. The molecule has 2 heterocycles. The molecule has 0 aliphatic carbocycles. The number of hydrogen-bond acceptors (Lipinski definition) is 3. The van der Waals surface area contributed by atoms with E-state index in [2.05, 4.69) is 9.88 Å². The van der Waals surface area contributed by atoms with E-state index < -0.39 is 0 Å². The Morgan fingerprint density at radius 2 is 1.87 bits per heavy atom. The first-order valence-corrected chi connectivity index (χ1v) is 6.86. The second-order valence-electron chi connectivity index (χ2n) is 4.12. The lowest BCUT2D eigenvalue weighted by Gasteiger charge is -2.23. The minimum atomic E-state index is 0.664. The van der Waals surface area contributed by atoms with Crippen molar-refractivity contribution in [3.8, 4) is 0 Å². The summed E-state index contributed by atoms with van der Waals surface area (Å²) in [6.07, 6.45) is 8.78. The van der Waals surface area contributed by atoms with Crippen molar-refractivity contribution in [1.82, 2.24) is 9.88 Å². The van der Waals surface area contributed by atoms with Crippen LogP contribution in [0.3, 0.4) is 0 Å². The Kier molecular flexibility index (Phi) is 4.42. The predicted molar refractivity (Wildman–Crippen MR) is 65.5 cm³/mol. The van der Waals surface area contributed by atoms with Crippen LogP contribution in [0.5, 0.6) is 0 Å². The molecule has 1 fully saturated rings. The van der Waals surface area contributed by atoms with E-state index in [0.717, 1.165) is 6.54 Å². The quantitative estimate of drug-likeness (QED) is 0.791. The molecule has 0 amide bonds. The van der Waals surface area contributed by atoms with Gasteiger partial charge in [-0.25, -0.2) is 4.98 Å². The molecule has 1 aromatic rings. The zero-order valence-corrected chi connectivity index (χ0v) is 10.5. The summed E-state index contributed by atoms with van der Waals surface area (Å²) in [5.41, 5.74) is 0. The first-order chi connectivity index (χ1) is 7.34. The molecule has 1 aliphatic heterocycles. The topological polar surface area (TPSA) is 16.1 Å². The van der Waals surface area contributed by atoms with Gasteiger partial charge in [-0.3, -0.25) is 4.90 Å². The Hall–Kier alpha value is -0.120. The molecule has 84 valence electrons. The SMILES string of the molecule is Clc1ncc(CN2CCCCCCC2)s1. The highest BCUT2D eigenvalue weighted by Crippen LogP contribution is 2.20. The van der Waals surface area contributed by atoms with Crippen molar-refractivity contribution < 1.29 is 0 Å². The molecule has 0 bridgehead atoms. The van der Waals surface area contributed by atoms with Crippen molar-refractivity contribution >= 4 is 22.9 Å². The van der Waals surface area contributed by atoms with Gasteiger partial charge in [0.25, 0.3) is 0 Å². The van der Waals surface area contributed by atoms with E-state index in [9.17, 15) is 0 Å². The van der Waals surface area contributed by atoms with Gasteiger partial charge in [0.05, 0.1) is 0 Å². The van der Waals surface area contributed by atoms with Crippen molar-refractivity contribution in [3.63, 3.8) is 0 Å². The van der Waals surface area contributed by atoms with Gasteiger partial charge in [-0.1, -0.05) is 30.9 Å². The average molecular weight is 245 g/mol. The Bertz CT molecular complexity index is 293. The standard InChI is InChI=1S/C11H17ClN2S/c12-11-13-8-10(15-11)9-14-6-4-2-1-3-5-7-14/h8H,1-7,9H2. The second-order valence-corrected chi connectivity index (χ2v) is 5.82. The summed E-state index contributed by atoms with van der Waals surface area (Å²) >= 11 is 7.43. The maximum atomic E-state index is 5.83. The molecule has 0 radical (unpaired) electrons. The fourth-order valence-electron chi connectivity index (χ4n) is 2.05. The van der Waals surface area contributed by atoms with Crippen molar-refractivity contribution in [2.24, 2.45) is 0 Å². The molecule has 15 heavy (non-hydrogen) atoms. The monoisotopic (exact) mass is 244 g/mol. The third kappa shape index (κ3) is 3.74. The van der Waals surface area contributed by atoms with Crippen LogP contribution in [0.15, 0.2) is 6.20 Å². The van der Waals surface area contributed by atoms with Crippen LogP contribution in [-0.2, 0) is 6.54 Å². The molecule has 0 N–H and O–H groups in total. The molecule has 4 heteroatoms. The summed E-state index contributed by atoms with van der Waals surface area (Å²) < 4.78 is 0.664. The smallest absolute Gasteiger partial charge is 0.183 e. The Morgan fingerprint density at radius 1 is 1.20 bits per heavy atom. The molecule has 0 atom stereocenters. The molecule has 1 aromatic heterocycles. The summed E-state index contributed by atoms with van der Waals surface area (Å²) in [4.78, 5) is 7.90. The molecular formula is C11H17ClN2S. The number of halogens is 1. The van der Waals surface area contributed by atoms with E-state index in [-0.39, 0.29) is 0 Å². The molecule has 1 saturated heterocycles. The number of thiazole rings is 1. The number of likely N-dealkylation sites (tertiary alicyclic amines) is 1. The molecule has 2 nitrogen and oxygen atoms in total. The summed E-state index contributed by atoms with van der Waals surface area (Å²) in [5, 5.41) is 0. The van der Waals surface area contributed by atoms with Gasteiger partial charge in [0.15, 0.2) is 4.47 Å². The molecule has 0 saturated carbocycles. The Labute approximate surface area is 100 Å². The first-order valence-electron chi connectivity index (χ1n) is 5.67. The maximum absolute atomic E-state index is 5.83. The van der Waals surface area contributed by atoms with Crippen LogP contribution in [0, 0.1) is 0 Å². The van der Waals surface area contributed by atoms with E-state index >= 15 is 0 Å². The first kappa shape index (κ1) is 11.4. The second kappa shape index (κ2) is 5.83. The Balaban J connectivity index is 1.86. The number of hydrogen-bond donors (Lipinski definition) is 0. The lowest BCUT2D eigenvalue weighted by Crippen LogP contribution is -2.26. The number of rotatable bonds is 2. The van der Waals surface area contributed by atoms with Crippen LogP contribution in [0.2, 0.25) is 4.47 Å². The van der Waals surface area contributed by atoms with E-state index in [1.165, 1.54) is 50.1 Å². The highest BCUT2D eigenvalue weighted by Gasteiger charge is 2.10. The van der Waals surface area contributed by atoms with Crippen LogP contribution in [0.4, 0.5) is 0 Å². The van der Waals surface area contributed by atoms with Crippen LogP contribution in [-0.4, -0.2) is 23.0 Å². The summed E-state index contributed by atoms with van der Waals surface area (Å²) in [6, 6.07) is 0. The zero-order chi connectivity index (χ0) is 10.5. The maximum Gasteiger partial charge on any atom is 0.183 e. The van der Waals surface area contributed by atoms with Gasteiger partial charge in [0.2, 0.25) is 0 Å². The summed E-state index contributed by atoms with van der Waals surface area (Å²) in [5.74, 6) is 0. The van der Waals surface area contributed by atoms with E-state index in [0.29, 0.717) is 4.47 Å². The molecule has 0 unspecified atom stereocenters. The van der Waals surface area contributed by atoms with Crippen LogP contribution >= 0.6 is 22.9 Å². The van der Waals surface area contributed by atoms with Crippen LogP contribution < -0.4 is 0 Å². The molecular weight excluding hydrogens is 228 g/mol. The number of nitrogens with zero attached hydrogens (tertiary/aromatic N) is 2. The highest BCUT2D eigenvalue weighted by molar-refractivity contribution is 7.15. The summed E-state index contributed by atoms with van der Waals surface area (Å²) in [6.45, 7) is 3.50. The highest BCUT2D eigenvalue weighted by atomic mass is 35.5. The predicted octanol–water partition coefficient (Wildman–Crippen LogP) is 3.56. The lowest BCUT2D eigenvalue weighted by atomic mass is 10.1. The fourth-order valence-corrected chi connectivity index (χ4v) is 3.07. The summed E-state index contributed by atoms with van der Waals surface area (Å²) in [7, 11) is 0. The largest absolute Gasteiger partial charge is 0.298 e. The van der Waals surface area contributed by atoms with Crippen molar-refractivity contribution in [2.45, 2.75) is 38.6 Å². The Morgan fingerprint density at radius 3 is 2.47 bits per heavy atom. The average Bonchev–Trinajstić information content (AvgIpc) is 2.56. The molecule has 0 aromatic carbocycles. The van der Waals surface area contributed by atoms with Gasteiger partial charge in [-0.15, -0.1) is 11.3 Å². The van der Waals surface area contributed by atoms with Gasteiger partial charge >= 0.3 is 0 Å². The lowest BCUT2D eigenvalue weighted by molar-refractivity contribution is 0.241. The number of aromatic nitrogens is 1. The van der Waals surface area contributed by atoms with Crippen molar-refractivity contribution in [1.29, 1.82) is 0 Å². The van der Waals surface area contributed by atoms with Gasteiger partial charge in [-0.2, -0.15) is 0 Å². The fraction of sp³-hybridized carbons (Fsp3) is 0.727. The normalized spacial score (nSPS) is 19.8. The third-order valence-electron chi connectivity index (χ3n) is 2.85. The van der Waals surface area contributed by atoms with E-state index in [1.807, 2.05) is 6.20 Å². The van der Waals surface area contributed by atoms with Crippen molar-refractivity contribution in [3.05, 3.63) is 15.5 Å². The van der Waals surface area contributed by atoms with Crippen LogP contribution in [0.1, 0.15) is 37.0 Å². The minimum absolute atomic E-state index is 0.664. The minimum Gasteiger partial charge on any atom is -0.298 e. The molecule has 2 rings (SSSR count). The van der Waals surface area contributed by atoms with Gasteiger partial charge < -0.3 is 0 Å². The van der Waals surface area contributed by atoms with E-state index in [4.69, 9.17) is 11.6 Å². The van der Waals surface area contributed by atoms with Crippen molar-refractivity contribution in [2.75, 3.05) is 13.1 Å².